The van der Waals surface area contributed by atoms with Gasteiger partial charge in [-0.05, 0) is 36.1 Å². The van der Waals surface area contributed by atoms with Crippen LogP contribution >= 0.6 is 11.3 Å². The van der Waals surface area contributed by atoms with Crippen molar-refractivity contribution in [3.8, 4) is 5.75 Å². The Labute approximate surface area is 179 Å². The fourth-order valence-electron chi connectivity index (χ4n) is 3.21. The van der Waals surface area contributed by atoms with Crippen LogP contribution in [0.5, 0.6) is 5.75 Å². The number of nitrogens with one attached hydrogen (secondary N) is 2. The molecule has 2 heterocycles. The zero-order valence-corrected chi connectivity index (χ0v) is 17.7. The number of hydrogen-bond donors (Lipinski definition) is 2. The van der Waals surface area contributed by atoms with E-state index in [-0.39, 0.29) is 6.54 Å². The molecule has 1 unspecified atom stereocenters. The number of imide groups is 1. The standard InChI is InChI=1S/C21H24N4O4S/c1-4-11-24(13-17-6-5-12-30-17)14-18(26)23-25-19(27)21(2,22-20(25)28)15-7-9-16(29-3)10-8-15/h4-10,12H,1,11,13-14H2,2-3H3,(H,22,28)(H,23,26). The van der Waals surface area contributed by atoms with Gasteiger partial charge in [-0.25, -0.2) is 4.79 Å². The minimum Gasteiger partial charge on any atom is -0.497 e. The predicted molar refractivity (Wildman–Crippen MR) is 114 cm³/mol. The van der Waals surface area contributed by atoms with Crippen molar-refractivity contribution in [3.05, 3.63) is 64.9 Å². The molecular formula is C21H24N4O4S. The van der Waals surface area contributed by atoms with Crippen LogP contribution in [0.25, 0.3) is 0 Å². The van der Waals surface area contributed by atoms with Gasteiger partial charge >= 0.3 is 6.03 Å². The van der Waals surface area contributed by atoms with Crippen LogP contribution in [0.3, 0.4) is 0 Å². The van der Waals surface area contributed by atoms with Crippen LogP contribution < -0.4 is 15.5 Å². The van der Waals surface area contributed by atoms with Gasteiger partial charge in [-0.1, -0.05) is 24.3 Å². The minimum atomic E-state index is -1.28. The maximum absolute atomic E-state index is 13.0. The molecule has 1 aliphatic rings. The average Bonchev–Trinajstić information content (AvgIpc) is 3.31. The number of hydrogen-bond acceptors (Lipinski definition) is 6. The Morgan fingerprint density at radius 2 is 2.07 bits per heavy atom. The lowest BCUT2D eigenvalue weighted by atomic mass is 9.92. The molecular weight excluding hydrogens is 404 g/mol. The Bertz CT molecular complexity index is 929. The van der Waals surface area contributed by atoms with Gasteiger partial charge < -0.3 is 10.1 Å². The molecule has 0 spiro atoms. The van der Waals surface area contributed by atoms with Crippen molar-refractivity contribution < 1.29 is 19.1 Å². The summed E-state index contributed by atoms with van der Waals surface area (Å²) in [5.74, 6) is -0.382. The molecule has 0 radical (unpaired) electrons. The van der Waals surface area contributed by atoms with E-state index in [9.17, 15) is 14.4 Å². The molecule has 30 heavy (non-hydrogen) atoms. The summed E-state index contributed by atoms with van der Waals surface area (Å²) in [5.41, 5.74) is 1.73. The largest absolute Gasteiger partial charge is 0.497 e. The van der Waals surface area contributed by atoms with E-state index in [1.165, 1.54) is 0 Å². The van der Waals surface area contributed by atoms with E-state index in [2.05, 4.69) is 17.3 Å². The third-order valence-electron chi connectivity index (χ3n) is 4.81. The minimum absolute atomic E-state index is 0.0141. The van der Waals surface area contributed by atoms with E-state index in [0.29, 0.717) is 24.4 Å². The topological polar surface area (TPSA) is 91.0 Å². The number of ether oxygens (including phenoxy) is 1. The van der Waals surface area contributed by atoms with Crippen LogP contribution in [0.1, 0.15) is 17.4 Å². The van der Waals surface area contributed by atoms with E-state index in [1.54, 1.807) is 55.7 Å². The van der Waals surface area contributed by atoms with Gasteiger partial charge in [-0.15, -0.1) is 17.9 Å². The highest BCUT2D eigenvalue weighted by molar-refractivity contribution is 7.09. The van der Waals surface area contributed by atoms with Crippen LogP contribution in [0.4, 0.5) is 4.79 Å². The smallest absolute Gasteiger partial charge is 0.344 e. The molecule has 1 fully saturated rings. The summed E-state index contributed by atoms with van der Waals surface area (Å²) >= 11 is 1.59. The van der Waals surface area contributed by atoms with Crippen molar-refractivity contribution in [1.82, 2.24) is 20.7 Å². The molecule has 2 aromatic rings. The third-order valence-corrected chi connectivity index (χ3v) is 5.67. The first-order valence-corrected chi connectivity index (χ1v) is 10.2. The van der Waals surface area contributed by atoms with E-state index in [4.69, 9.17) is 4.74 Å². The molecule has 4 amide bonds. The monoisotopic (exact) mass is 428 g/mol. The van der Waals surface area contributed by atoms with Gasteiger partial charge in [0.1, 0.15) is 11.3 Å². The number of benzene rings is 1. The second-order valence-electron chi connectivity index (χ2n) is 7.00. The van der Waals surface area contributed by atoms with E-state index in [1.807, 2.05) is 22.4 Å². The summed E-state index contributed by atoms with van der Waals surface area (Å²) in [5, 5.41) is 5.36. The number of urea groups is 1. The lowest BCUT2D eigenvalue weighted by Crippen LogP contribution is -2.50. The average molecular weight is 429 g/mol. The molecule has 8 nitrogen and oxygen atoms in total. The first-order valence-electron chi connectivity index (χ1n) is 9.33. The normalized spacial score (nSPS) is 18.4. The molecule has 0 bridgehead atoms. The van der Waals surface area contributed by atoms with Crippen LogP contribution in [0, 0.1) is 0 Å². The first kappa shape index (κ1) is 21.5. The number of carbonyl (C=O) groups is 3. The molecule has 1 aromatic heterocycles. The Morgan fingerprint density at radius 1 is 1.33 bits per heavy atom. The number of nitrogens with zero attached hydrogens (tertiary/aromatic N) is 2. The second-order valence-corrected chi connectivity index (χ2v) is 8.03. The quantitative estimate of drug-likeness (QED) is 0.472. The molecule has 3 rings (SSSR count). The molecule has 2 N–H and O–H groups in total. The maximum Gasteiger partial charge on any atom is 0.344 e. The van der Waals surface area contributed by atoms with Crippen molar-refractivity contribution >= 4 is 29.2 Å². The van der Waals surface area contributed by atoms with Gasteiger partial charge in [0.15, 0.2) is 0 Å². The lowest BCUT2D eigenvalue weighted by Gasteiger charge is -2.23. The van der Waals surface area contributed by atoms with Crippen molar-refractivity contribution in [2.24, 2.45) is 0 Å². The highest BCUT2D eigenvalue weighted by atomic mass is 32.1. The zero-order valence-electron chi connectivity index (χ0n) is 16.9. The van der Waals surface area contributed by atoms with Crippen LogP contribution in [-0.4, -0.2) is 48.0 Å². The van der Waals surface area contributed by atoms with Gasteiger partial charge in [0.05, 0.1) is 13.7 Å². The summed E-state index contributed by atoms with van der Waals surface area (Å²) in [6, 6.07) is 10.1. The van der Waals surface area contributed by atoms with Crippen LogP contribution in [0.2, 0.25) is 0 Å². The fourth-order valence-corrected chi connectivity index (χ4v) is 3.96. The van der Waals surface area contributed by atoms with Gasteiger partial charge in [-0.3, -0.25) is 19.9 Å². The molecule has 0 saturated carbocycles. The lowest BCUT2D eigenvalue weighted by molar-refractivity contribution is -0.139. The Morgan fingerprint density at radius 3 is 2.67 bits per heavy atom. The fraction of sp³-hybridized carbons (Fsp3) is 0.286. The number of methoxy groups -OCH3 is 1. The molecule has 1 aliphatic heterocycles. The van der Waals surface area contributed by atoms with Gasteiger partial charge in [-0.2, -0.15) is 5.01 Å². The number of thiophene rings is 1. The van der Waals surface area contributed by atoms with Crippen LogP contribution in [-0.2, 0) is 21.7 Å². The summed E-state index contributed by atoms with van der Waals surface area (Å²) in [4.78, 5) is 40.9. The van der Waals surface area contributed by atoms with Crippen molar-refractivity contribution in [2.75, 3.05) is 20.2 Å². The summed E-state index contributed by atoms with van der Waals surface area (Å²) in [6.07, 6.45) is 1.70. The van der Waals surface area contributed by atoms with Crippen molar-refractivity contribution in [3.63, 3.8) is 0 Å². The summed E-state index contributed by atoms with van der Waals surface area (Å²) in [7, 11) is 1.55. The Kier molecular flexibility index (Phi) is 6.53. The molecule has 158 valence electrons. The predicted octanol–water partition coefficient (Wildman–Crippen LogP) is 2.24. The molecule has 1 saturated heterocycles. The summed E-state index contributed by atoms with van der Waals surface area (Å²) < 4.78 is 5.13. The maximum atomic E-state index is 13.0. The number of amides is 4. The molecule has 0 aliphatic carbocycles. The molecule has 1 aromatic carbocycles. The highest BCUT2D eigenvalue weighted by Gasteiger charge is 2.50. The van der Waals surface area contributed by atoms with Crippen molar-refractivity contribution in [1.29, 1.82) is 0 Å². The van der Waals surface area contributed by atoms with Gasteiger partial charge in [0.2, 0.25) is 0 Å². The second kappa shape index (κ2) is 9.10. The summed E-state index contributed by atoms with van der Waals surface area (Å²) in [6.45, 7) is 6.40. The number of carbonyl (C=O) groups excluding carboxylic acids is 3. The van der Waals surface area contributed by atoms with E-state index in [0.717, 1.165) is 9.89 Å². The van der Waals surface area contributed by atoms with Gasteiger partial charge in [0, 0.05) is 18.0 Å². The zero-order chi connectivity index (χ0) is 21.7. The Balaban J connectivity index is 1.67. The third kappa shape index (κ3) is 4.52. The number of rotatable bonds is 9. The van der Waals surface area contributed by atoms with E-state index >= 15 is 0 Å². The molecule has 1 atom stereocenters. The SMILES string of the molecule is C=CCN(CC(=O)NN1C(=O)NC(C)(c2ccc(OC)cc2)C1=O)Cc1cccs1. The highest BCUT2D eigenvalue weighted by Crippen LogP contribution is 2.29. The Hall–Kier alpha value is -3.17. The molecule has 9 heteroatoms. The van der Waals surface area contributed by atoms with Crippen LogP contribution in [0.15, 0.2) is 54.4 Å². The van der Waals surface area contributed by atoms with E-state index < -0.39 is 23.4 Å². The number of hydrazine groups is 1. The van der Waals surface area contributed by atoms with Crippen molar-refractivity contribution in [2.45, 2.75) is 19.0 Å². The first-order chi connectivity index (χ1) is 14.4. The van der Waals surface area contributed by atoms with Gasteiger partial charge in [0.25, 0.3) is 11.8 Å².